The van der Waals surface area contributed by atoms with Crippen LogP contribution in [0.1, 0.15) is 61.3 Å². The fourth-order valence-corrected chi connectivity index (χ4v) is 3.75. The molecule has 1 aromatic carbocycles. The highest BCUT2D eigenvalue weighted by atomic mass is 16.5. The molecule has 29 heavy (non-hydrogen) atoms. The first-order chi connectivity index (χ1) is 13.9. The highest BCUT2D eigenvalue weighted by Crippen LogP contribution is 2.34. The molecule has 6 heteroatoms. The van der Waals surface area contributed by atoms with Crippen molar-refractivity contribution in [1.29, 1.82) is 0 Å². The average Bonchev–Trinajstić information content (AvgIpc) is 2.74. The van der Waals surface area contributed by atoms with Crippen LogP contribution in [0.4, 0.5) is 0 Å². The smallest absolute Gasteiger partial charge is 0.341 e. The molecule has 0 radical (unpaired) electrons. The first kappa shape index (κ1) is 21.0. The number of ether oxygens (including phenoxy) is 1. The maximum Gasteiger partial charge on any atom is 0.341 e. The van der Waals surface area contributed by atoms with Crippen LogP contribution in [0.2, 0.25) is 0 Å². The van der Waals surface area contributed by atoms with Gasteiger partial charge in [0, 0.05) is 31.9 Å². The minimum Gasteiger partial charge on any atom is -0.462 e. The molecule has 1 aliphatic heterocycles. The van der Waals surface area contributed by atoms with E-state index in [2.05, 4.69) is 16.9 Å². The number of carbonyl (C=O) groups excluding carboxylic acids is 2. The van der Waals surface area contributed by atoms with Gasteiger partial charge in [0.2, 0.25) is 5.91 Å². The van der Waals surface area contributed by atoms with Crippen molar-refractivity contribution in [2.75, 3.05) is 19.7 Å². The molecule has 0 bridgehead atoms. The molecule has 6 nitrogen and oxygen atoms in total. The molecule has 1 aliphatic rings. The van der Waals surface area contributed by atoms with E-state index in [-0.39, 0.29) is 17.2 Å². The number of esters is 1. The second-order valence-electron chi connectivity index (χ2n) is 8.05. The normalized spacial score (nSPS) is 16.9. The van der Waals surface area contributed by atoms with Crippen LogP contribution in [-0.2, 0) is 16.0 Å². The summed E-state index contributed by atoms with van der Waals surface area (Å²) in [5.41, 5.74) is 1.47. The maximum absolute atomic E-state index is 12.9. The van der Waals surface area contributed by atoms with Crippen molar-refractivity contribution < 1.29 is 14.3 Å². The molecule has 1 aromatic heterocycles. The summed E-state index contributed by atoms with van der Waals surface area (Å²) in [6, 6.07) is 9.93. The summed E-state index contributed by atoms with van der Waals surface area (Å²) in [5.74, 6) is 0.384. The van der Waals surface area contributed by atoms with Crippen LogP contribution < -0.4 is 0 Å². The van der Waals surface area contributed by atoms with Crippen molar-refractivity contribution >= 4 is 11.9 Å². The second kappa shape index (κ2) is 9.16. The fourth-order valence-electron chi connectivity index (χ4n) is 3.75. The van der Waals surface area contributed by atoms with Gasteiger partial charge in [-0.05, 0) is 37.7 Å². The van der Waals surface area contributed by atoms with Gasteiger partial charge in [-0.1, -0.05) is 37.3 Å². The number of likely N-dealkylation sites (tertiary alicyclic amines) is 1. The van der Waals surface area contributed by atoms with E-state index in [1.54, 1.807) is 6.92 Å². The van der Waals surface area contributed by atoms with Gasteiger partial charge in [0.15, 0.2) is 0 Å². The van der Waals surface area contributed by atoms with Crippen LogP contribution in [0, 0.1) is 5.41 Å². The summed E-state index contributed by atoms with van der Waals surface area (Å²) in [7, 11) is 0. The highest BCUT2D eigenvalue weighted by molar-refractivity contribution is 5.88. The summed E-state index contributed by atoms with van der Waals surface area (Å²) in [4.78, 5) is 35.3. The molecule has 0 aliphatic carbocycles. The molecule has 0 N–H and O–H groups in total. The number of amides is 1. The van der Waals surface area contributed by atoms with Crippen molar-refractivity contribution in [3.8, 4) is 0 Å². The van der Waals surface area contributed by atoms with Crippen LogP contribution >= 0.6 is 0 Å². The minimum absolute atomic E-state index is 0.0399. The number of rotatable bonds is 6. The molecule has 154 valence electrons. The Balaban J connectivity index is 1.56. The van der Waals surface area contributed by atoms with E-state index in [0.29, 0.717) is 12.2 Å². The van der Waals surface area contributed by atoms with Crippen LogP contribution in [-0.4, -0.2) is 46.4 Å². The number of benzene rings is 1. The molecule has 3 rings (SSSR count). The lowest BCUT2D eigenvalue weighted by Gasteiger charge is -2.40. The number of aromatic nitrogens is 2. The van der Waals surface area contributed by atoms with Gasteiger partial charge in [-0.3, -0.25) is 4.79 Å². The summed E-state index contributed by atoms with van der Waals surface area (Å²) in [6.45, 7) is 7.78. The molecular formula is C23H29N3O3. The van der Waals surface area contributed by atoms with Crippen molar-refractivity contribution in [2.24, 2.45) is 5.41 Å². The lowest BCUT2D eigenvalue weighted by atomic mass is 9.77. The molecular weight excluding hydrogens is 366 g/mol. The number of carbonyl (C=O) groups is 2. The number of hydrogen-bond donors (Lipinski definition) is 0. The van der Waals surface area contributed by atoms with Gasteiger partial charge in [-0.15, -0.1) is 0 Å². The third-order valence-corrected chi connectivity index (χ3v) is 5.75. The summed E-state index contributed by atoms with van der Waals surface area (Å²) in [6.07, 6.45) is 5.60. The highest BCUT2D eigenvalue weighted by Gasteiger charge is 2.34. The predicted octanol–water partition coefficient (Wildman–Crippen LogP) is 3.63. The van der Waals surface area contributed by atoms with Gasteiger partial charge in [-0.2, -0.15) is 0 Å². The first-order valence-electron chi connectivity index (χ1n) is 10.2. The van der Waals surface area contributed by atoms with E-state index in [4.69, 9.17) is 4.74 Å². The van der Waals surface area contributed by atoms with Gasteiger partial charge in [-0.25, -0.2) is 14.8 Å². The van der Waals surface area contributed by atoms with E-state index in [1.807, 2.05) is 42.2 Å². The Labute approximate surface area is 172 Å². The summed E-state index contributed by atoms with van der Waals surface area (Å²) < 4.78 is 4.97. The maximum atomic E-state index is 12.9. The van der Waals surface area contributed by atoms with Gasteiger partial charge in [0.05, 0.1) is 18.1 Å². The molecule has 1 atom stereocenters. The van der Waals surface area contributed by atoms with Crippen molar-refractivity contribution in [1.82, 2.24) is 14.9 Å². The van der Waals surface area contributed by atoms with Crippen LogP contribution in [0.25, 0.3) is 0 Å². The van der Waals surface area contributed by atoms with Crippen molar-refractivity contribution in [3.63, 3.8) is 0 Å². The lowest BCUT2D eigenvalue weighted by molar-refractivity contribution is -0.134. The molecule has 2 heterocycles. The lowest BCUT2D eigenvalue weighted by Crippen LogP contribution is -2.44. The van der Waals surface area contributed by atoms with E-state index in [0.717, 1.165) is 43.7 Å². The Kier molecular flexibility index (Phi) is 6.62. The molecule has 2 aromatic rings. The molecule has 1 amide bonds. The zero-order chi connectivity index (χ0) is 20.9. The fraction of sp³-hybridized carbons (Fsp3) is 0.478. The van der Waals surface area contributed by atoms with Gasteiger partial charge < -0.3 is 9.64 Å². The second-order valence-corrected chi connectivity index (χ2v) is 8.05. The first-order valence-corrected chi connectivity index (χ1v) is 10.2. The number of hydrogen-bond acceptors (Lipinski definition) is 5. The zero-order valence-corrected chi connectivity index (χ0v) is 17.4. The van der Waals surface area contributed by atoms with Gasteiger partial charge in [0.25, 0.3) is 0 Å². The van der Waals surface area contributed by atoms with Crippen molar-refractivity contribution in [3.05, 3.63) is 59.7 Å². The molecule has 0 unspecified atom stereocenters. The van der Waals surface area contributed by atoms with Gasteiger partial charge in [0.1, 0.15) is 5.82 Å². The van der Waals surface area contributed by atoms with E-state index in [1.165, 1.54) is 12.4 Å². The molecule has 0 spiro atoms. The largest absolute Gasteiger partial charge is 0.462 e. The van der Waals surface area contributed by atoms with Gasteiger partial charge >= 0.3 is 5.97 Å². The third kappa shape index (κ3) is 5.19. The molecule has 0 saturated carbocycles. The SMILES string of the molecule is CCOC(=O)c1cnc(CC2(C)CCN(C(=O)[C@H](C)c3ccccc3)CC2)nc1. The van der Waals surface area contributed by atoms with Crippen LogP contribution in [0.3, 0.4) is 0 Å². The molecule has 1 saturated heterocycles. The third-order valence-electron chi connectivity index (χ3n) is 5.75. The zero-order valence-electron chi connectivity index (χ0n) is 17.4. The average molecular weight is 396 g/mol. The summed E-state index contributed by atoms with van der Waals surface area (Å²) >= 11 is 0. The Hall–Kier alpha value is -2.76. The van der Waals surface area contributed by atoms with E-state index < -0.39 is 5.97 Å². The Morgan fingerprint density at radius 1 is 1.14 bits per heavy atom. The standard InChI is InChI=1S/C23H29N3O3/c1-4-29-22(28)19-15-24-20(25-16-19)14-23(3)10-12-26(13-11-23)21(27)17(2)18-8-6-5-7-9-18/h5-9,15-17H,4,10-14H2,1-3H3/t17-/m1/s1. The number of nitrogens with zero attached hydrogens (tertiary/aromatic N) is 3. The van der Waals surface area contributed by atoms with Crippen LogP contribution in [0.5, 0.6) is 0 Å². The monoisotopic (exact) mass is 395 g/mol. The van der Waals surface area contributed by atoms with Crippen LogP contribution in [0.15, 0.2) is 42.7 Å². The predicted molar refractivity (Wildman–Crippen MR) is 110 cm³/mol. The van der Waals surface area contributed by atoms with E-state index in [9.17, 15) is 9.59 Å². The quantitative estimate of drug-likeness (QED) is 0.699. The Morgan fingerprint density at radius 3 is 2.34 bits per heavy atom. The molecule has 1 fully saturated rings. The minimum atomic E-state index is -0.399. The van der Waals surface area contributed by atoms with E-state index >= 15 is 0 Å². The summed E-state index contributed by atoms with van der Waals surface area (Å²) in [5, 5.41) is 0. The number of piperidine rings is 1. The Bertz CT molecular complexity index is 828. The van der Waals surface area contributed by atoms with Crippen molar-refractivity contribution in [2.45, 2.75) is 46.0 Å². The Morgan fingerprint density at radius 2 is 1.76 bits per heavy atom. The topological polar surface area (TPSA) is 72.4 Å².